The first-order valence-electron chi connectivity index (χ1n) is 12.8. The smallest absolute Gasteiger partial charge is 0.303 e. The fraction of sp³-hybridized carbons (Fsp3) is 0.500. The predicted octanol–water partition coefficient (Wildman–Crippen LogP) is 4.26. The molecule has 3 N–H and O–H groups in total. The number of carbonyl (C=O) groups excluding carboxylic acids is 1. The van der Waals surface area contributed by atoms with Crippen molar-refractivity contribution in [1.29, 1.82) is 0 Å². The average Bonchev–Trinajstić information content (AvgIpc) is 2.89. The molecule has 0 aromatic heterocycles. The molecule has 36 heavy (non-hydrogen) atoms. The van der Waals surface area contributed by atoms with Gasteiger partial charge in [0.15, 0.2) is 6.29 Å². The highest BCUT2D eigenvalue weighted by Gasteiger charge is 2.39. The number of hydrogen-bond acceptors (Lipinski definition) is 6. The molecule has 8 nitrogen and oxygen atoms in total. The molecule has 0 unspecified atom stereocenters. The summed E-state index contributed by atoms with van der Waals surface area (Å²) in [4.78, 5) is 25.4. The molecule has 4 atom stereocenters. The maximum Gasteiger partial charge on any atom is 0.303 e. The Hall–Kier alpha value is -2.78. The molecule has 2 aromatic rings. The van der Waals surface area contributed by atoms with E-state index in [2.05, 4.69) is 17.1 Å². The number of aliphatic carboxylic acids is 1. The molecule has 2 fully saturated rings. The van der Waals surface area contributed by atoms with Crippen LogP contribution in [0.2, 0.25) is 0 Å². The van der Waals surface area contributed by atoms with E-state index in [1.165, 1.54) is 19.3 Å². The van der Waals surface area contributed by atoms with Gasteiger partial charge in [0.05, 0.1) is 25.2 Å². The molecular weight excluding hydrogens is 460 g/mol. The van der Waals surface area contributed by atoms with Crippen LogP contribution in [0.25, 0.3) is 0 Å². The third-order valence-electron chi connectivity index (χ3n) is 7.02. The van der Waals surface area contributed by atoms with Gasteiger partial charge in [-0.1, -0.05) is 49.7 Å². The molecule has 194 valence electrons. The zero-order valence-electron chi connectivity index (χ0n) is 20.8. The Morgan fingerprint density at radius 3 is 2.44 bits per heavy atom. The van der Waals surface area contributed by atoms with E-state index in [0.717, 1.165) is 36.3 Å². The second kappa shape index (κ2) is 12.5. The highest BCUT2D eigenvalue weighted by molar-refractivity contribution is 5.92. The summed E-state index contributed by atoms with van der Waals surface area (Å²) in [5.41, 5.74) is 3.25. The fourth-order valence-corrected chi connectivity index (χ4v) is 4.93. The van der Waals surface area contributed by atoms with Crippen molar-refractivity contribution >= 4 is 17.6 Å². The molecule has 0 radical (unpaired) electrons. The number of likely N-dealkylation sites (tertiary alicyclic amines) is 1. The number of hydrogen-bond donors (Lipinski definition) is 3. The van der Waals surface area contributed by atoms with Crippen LogP contribution in [0.4, 0.5) is 5.69 Å². The van der Waals surface area contributed by atoms with Crippen LogP contribution in [0.15, 0.2) is 48.5 Å². The number of carboxylic acid groups (broad SMARTS) is 1. The highest BCUT2D eigenvalue weighted by Crippen LogP contribution is 2.42. The fourth-order valence-electron chi connectivity index (χ4n) is 4.93. The van der Waals surface area contributed by atoms with Crippen LogP contribution in [-0.2, 0) is 25.7 Å². The zero-order valence-corrected chi connectivity index (χ0v) is 20.8. The van der Waals surface area contributed by atoms with Gasteiger partial charge in [0.2, 0.25) is 5.91 Å². The second-order valence-electron chi connectivity index (χ2n) is 9.75. The van der Waals surface area contributed by atoms with Gasteiger partial charge in [0.1, 0.15) is 0 Å². The molecule has 4 rings (SSSR count). The number of carboxylic acids is 1. The summed E-state index contributed by atoms with van der Waals surface area (Å²) in [6, 6.07) is 15.2. The normalized spacial score (nSPS) is 24.8. The van der Waals surface area contributed by atoms with Crippen molar-refractivity contribution in [3.05, 3.63) is 65.2 Å². The topological polar surface area (TPSA) is 108 Å². The van der Waals surface area contributed by atoms with Gasteiger partial charge in [0, 0.05) is 30.1 Å². The Kier molecular flexibility index (Phi) is 9.09. The largest absolute Gasteiger partial charge is 0.481 e. The first-order valence-corrected chi connectivity index (χ1v) is 12.8. The average molecular weight is 497 g/mol. The van der Waals surface area contributed by atoms with Gasteiger partial charge in [-0.2, -0.15) is 0 Å². The lowest BCUT2D eigenvalue weighted by atomic mass is 9.89. The number of nitrogens with zero attached hydrogens (tertiary/aromatic N) is 1. The van der Waals surface area contributed by atoms with Crippen LogP contribution in [0.1, 0.15) is 68.1 Å². The van der Waals surface area contributed by atoms with E-state index in [4.69, 9.17) is 14.6 Å². The first kappa shape index (κ1) is 26.3. The SMILES string of the molecule is C[C@H]1[C@@H](CN2CCCCC2)O[C@@H](c2cccc(NC(=O)CCC(=O)O)c2)O[C@H]1c1ccc(CO)cc1. The molecule has 0 aliphatic carbocycles. The van der Waals surface area contributed by atoms with Crippen molar-refractivity contribution in [2.24, 2.45) is 5.92 Å². The van der Waals surface area contributed by atoms with Crippen molar-refractivity contribution in [2.45, 2.75) is 64.1 Å². The summed E-state index contributed by atoms with van der Waals surface area (Å²) in [7, 11) is 0. The number of piperidine rings is 1. The summed E-state index contributed by atoms with van der Waals surface area (Å²) in [6.45, 7) is 5.14. The minimum atomic E-state index is -1.00. The number of amides is 1. The van der Waals surface area contributed by atoms with E-state index < -0.39 is 12.3 Å². The van der Waals surface area contributed by atoms with Crippen LogP contribution < -0.4 is 5.32 Å². The molecule has 2 aromatic carbocycles. The van der Waals surface area contributed by atoms with E-state index >= 15 is 0 Å². The zero-order chi connectivity index (χ0) is 25.5. The molecule has 1 amide bonds. The van der Waals surface area contributed by atoms with Crippen molar-refractivity contribution in [1.82, 2.24) is 4.90 Å². The Morgan fingerprint density at radius 2 is 1.75 bits per heavy atom. The molecule has 0 spiro atoms. The number of benzene rings is 2. The third kappa shape index (κ3) is 6.91. The Labute approximate surface area is 212 Å². The Morgan fingerprint density at radius 1 is 1.00 bits per heavy atom. The summed E-state index contributed by atoms with van der Waals surface area (Å²) >= 11 is 0. The Bertz CT molecular complexity index is 1020. The van der Waals surface area contributed by atoms with Crippen molar-refractivity contribution < 1.29 is 29.3 Å². The summed E-state index contributed by atoms with van der Waals surface area (Å²) in [6.07, 6.45) is 2.53. The van der Waals surface area contributed by atoms with Gasteiger partial charge in [0.25, 0.3) is 0 Å². The molecule has 0 bridgehead atoms. The van der Waals surface area contributed by atoms with Crippen LogP contribution in [0, 0.1) is 5.92 Å². The standard InChI is InChI=1S/C28H36N2O6/c1-19-24(17-30-14-3-2-4-15-30)35-28(36-27(19)21-10-8-20(18-31)9-11-21)22-6-5-7-23(16-22)29-25(32)12-13-26(33)34/h5-11,16,19,24,27-28,31H,2-4,12-15,17-18H2,1H3,(H,29,32)(H,33,34)/t19-,24+,27+,28+/m0/s1. The minimum Gasteiger partial charge on any atom is -0.481 e. The number of aliphatic hydroxyl groups excluding tert-OH is 1. The van der Waals surface area contributed by atoms with E-state index in [1.807, 2.05) is 42.5 Å². The number of nitrogens with one attached hydrogen (secondary N) is 1. The number of anilines is 1. The maximum absolute atomic E-state index is 12.1. The third-order valence-corrected chi connectivity index (χ3v) is 7.02. The van der Waals surface area contributed by atoms with E-state index in [-0.39, 0.29) is 43.5 Å². The van der Waals surface area contributed by atoms with Gasteiger partial charge in [-0.3, -0.25) is 9.59 Å². The molecule has 2 aliphatic heterocycles. The molecule has 2 aliphatic rings. The molecular formula is C28H36N2O6. The van der Waals surface area contributed by atoms with Crippen LogP contribution in [0.3, 0.4) is 0 Å². The second-order valence-corrected chi connectivity index (χ2v) is 9.75. The lowest BCUT2D eigenvalue weighted by molar-refractivity contribution is -0.276. The summed E-state index contributed by atoms with van der Waals surface area (Å²) < 4.78 is 13.0. The molecule has 2 saturated heterocycles. The quantitative estimate of drug-likeness (QED) is 0.476. The number of aliphatic hydroxyl groups is 1. The van der Waals surface area contributed by atoms with Crippen molar-refractivity contribution in [2.75, 3.05) is 25.0 Å². The number of rotatable bonds is 9. The number of carbonyl (C=O) groups is 2. The molecule has 0 saturated carbocycles. The lowest BCUT2D eigenvalue weighted by Crippen LogP contribution is -2.45. The van der Waals surface area contributed by atoms with Gasteiger partial charge in [-0.25, -0.2) is 0 Å². The van der Waals surface area contributed by atoms with Gasteiger partial charge in [-0.05, 0) is 49.2 Å². The Balaban J connectivity index is 1.54. The van der Waals surface area contributed by atoms with Crippen molar-refractivity contribution in [3.63, 3.8) is 0 Å². The molecule has 8 heteroatoms. The minimum absolute atomic E-state index is 0.00431. The van der Waals surface area contributed by atoms with E-state index in [9.17, 15) is 14.7 Å². The van der Waals surface area contributed by atoms with Crippen LogP contribution in [0.5, 0.6) is 0 Å². The monoisotopic (exact) mass is 496 g/mol. The maximum atomic E-state index is 12.1. The lowest BCUT2D eigenvalue weighted by Gasteiger charge is -2.43. The van der Waals surface area contributed by atoms with E-state index in [0.29, 0.717) is 5.69 Å². The van der Waals surface area contributed by atoms with Crippen molar-refractivity contribution in [3.8, 4) is 0 Å². The summed E-state index contributed by atoms with van der Waals surface area (Å²) in [5.74, 6) is -1.24. The summed E-state index contributed by atoms with van der Waals surface area (Å²) in [5, 5.41) is 21.0. The van der Waals surface area contributed by atoms with Gasteiger partial charge >= 0.3 is 5.97 Å². The van der Waals surface area contributed by atoms with E-state index in [1.54, 1.807) is 6.07 Å². The predicted molar refractivity (Wildman–Crippen MR) is 135 cm³/mol. The van der Waals surface area contributed by atoms with Crippen LogP contribution >= 0.6 is 0 Å². The highest BCUT2D eigenvalue weighted by atomic mass is 16.7. The molecule has 2 heterocycles. The van der Waals surface area contributed by atoms with Gasteiger partial charge < -0.3 is 29.9 Å². The van der Waals surface area contributed by atoms with Crippen LogP contribution in [-0.4, -0.2) is 52.7 Å². The van der Waals surface area contributed by atoms with Gasteiger partial charge in [-0.15, -0.1) is 0 Å². The first-order chi connectivity index (χ1) is 17.4. The number of ether oxygens (including phenoxy) is 2.